The maximum absolute atomic E-state index is 6.30. The second-order valence-corrected chi connectivity index (χ2v) is 7.77. The van der Waals surface area contributed by atoms with Crippen molar-refractivity contribution in [3.8, 4) is 5.75 Å². The first-order valence-corrected chi connectivity index (χ1v) is 10.1. The molecule has 2 fully saturated rings. The molecule has 4 rings (SSSR count). The van der Waals surface area contributed by atoms with Crippen molar-refractivity contribution < 1.29 is 9.47 Å². The third-order valence-corrected chi connectivity index (χ3v) is 6.00. The lowest BCUT2D eigenvalue weighted by atomic mass is 9.78. The van der Waals surface area contributed by atoms with Crippen LogP contribution in [-0.4, -0.2) is 46.8 Å². The molecule has 0 bridgehead atoms. The minimum atomic E-state index is 0.0504. The largest absolute Gasteiger partial charge is 0.492 e. The van der Waals surface area contributed by atoms with E-state index in [1.807, 2.05) is 12.1 Å². The van der Waals surface area contributed by atoms with Crippen molar-refractivity contribution in [2.45, 2.75) is 44.8 Å². The van der Waals surface area contributed by atoms with Crippen LogP contribution in [0.3, 0.4) is 0 Å². The Labute approximate surface area is 161 Å². The summed E-state index contributed by atoms with van der Waals surface area (Å²) in [6.07, 6.45) is 7.96. The normalized spacial score (nSPS) is 22.2. The van der Waals surface area contributed by atoms with E-state index < -0.39 is 0 Å². The summed E-state index contributed by atoms with van der Waals surface area (Å²) < 4.78 is 12.2. The van der Waals surface area contributed by atoms with Crippen molar-refractivity contribution in [1.29, 1.82) is 0 Å². The van der Waals surface area contributed by atoms with Crippen LogP contribution in [0.25, 0.3) is 0 Å². The molecule has 0 radical (unpaired) electrons. The Morgan fingerprint density at radius 2 is 2.11 bits per heavy atom. The molecule has 144 valence electrons. The number of rotatable bonds is 6. The van der Waals surface area contributed by atoms with Gasteiger partial charge in [0.15, 0.2) is 0 Å². The number of hydrogen-bond donors (Lipinski definition) is 0. The Morgan fingerprint density at radius 1 is 1.22 bits per heavy atom. The van der Waals surface area contributed by atoms with Gasteiger partial charge in [-0.1, -0.05) is 6.07 Å². The highest BCUT2D eigenvalue weighted by Crippen LogP contribution is 2.42. The number of nitrogens with zero attached hydrogens (tertiary/aromatic N) is 3. The van der Waals surface area contributed by atoms with Gasteiger partial charge in [-0.25, -0.2) is 0 Å². The van der Waals surface area contributed by atoms with Crippen LogP contribution in [0.2, 0.25) is 0 Å². The van der Waals surface area contributed by atoms with Gasteiger partial charge in [-0.05, 0) is 62.8 Å². The van der Waals surface area contributed by atoms with E-state index in [2.05, 4.69) is 40.0 Å². The van der Waals surface area contributed by atoms with Gasteiger partial charge in [0, 0.05) is 38.1 Å². The lowest BCUT2D eigenvalue weighted by Gasteiger charge is -2.42. The van der Waals surface area contributed by atoms with Crippen LogP contribution in [-0.2, 0) is 11.3 Å². The fourth-order valence-electron chi connectivity index (χ4n) is 4.50. The summed E-state index contributed by atoms with van der Waals surface area (Å²) in [4.78, 5) is 11.3. The van der Waals surface area contributed by atoms with Gasteiger partial charge in [-0.15, -0.1) is 0 Å². The van der Waals surface area contributed by atoms with Crippen molar-refractivity contribution in [1.82, 2.24) is 14.9 Å². The van der Waals surface area contributed by atoms with E-state index in [0.717, 1.165) is 70.0 Å². The number of likely N-dealkylation sites (tertiary alicyclic amines) is 1. The number of hydrogen-bond acceptors (Lipinski definition) is 5. The van der Waals surface area contributed by atoms with Crippen molar-refractivity contribution in [3.05, 3.63) is 54.1 Å². The minimum Gasteiger partial charge on any atom is -0.492 e. The molecule has 0 aliphatic carbocycles. The summed E-state index contributed by atoms with van der Waals surface area (Å²) in [7, 11) is 0. The Hall–Kier alpha value is -1.98. The quantitative estimate of drug-likeness (QED) is 0.780. The molecule has 0 aromatic carbocycles. The lowest BCUT2D eigenvalue weighted by Crippen LogP contribution is -2.47. The van der Waals surface area contributed by atoms with Crippen LogP contribution in [0, 0.1) is 12.8 Å². The first-order chi connectivity index (χ1) is 13.2. The van der Waals surface area contributed by atoms with Crippen molar-refractivity contribution in [2.24, 2.45) is 5.92 Å². The molecule has 2 aromatic rings. The predicted octanol–water partition coefficient (Wildman–Crippen LogP) is 3.63. The van der Waals surface area contributed by atoms with E-state index in [9.17, 15) is 0 Å². The minimum absolute atomic E-state index is 0.0504. The molecular formula is C22H29N3O2. The fourth-order valence-corrected chi connectivity index (χ4v) is 4.50. The predicted molar refractivity (Wildman–Crippen MR) is 105 cm³/mol. The zero-order valence-corrected chi connectivity index (χ0v) is 16.1. The highest BCUT2D eigenvalue weighted by molar-refractivity contribution is 5.15. The standard InChI is InChI=1S/C22H29N3O2/c1-18-4-2-5-20(24-18)17-25-12-9-22(10-13-25)19(8-15-27-22)7-14-26-21-6-3-11-23-16-21/h2-6,11,16,19H,7-10,12-15,17H2,1H3/t19-/m0/s1. The van der Waals surface area contributed by atoms with Crippen molar-refractivity contribution >= 4 is 0 Å². The molecule has 2 aliphatic rings. The summed E-state index contributed by atoms with van der Waals surface area (Å²) in [5, 5.41) is 0. The van der Waals surface area contributed by atoms with Crippen molar-refractivity contribution in [2.75, 3.05) is 26.3 Å². The number of piperidine rings is 1. The smallest absolute Gasteiger partial charge is 0.137 e. The van der Waals surface area contributed by atoms with Crippen LogP contribution in [0.5, 0.6) is 5.75 Å². The van der Waals surface area contributed by atoms with E-state index in [1.54, 1.807) is 12.4 Å². The first-order valence-electron chi connectivity index (χ1n) is 10.1. The average Bonchev–Trinajstić information content (AvgIpc) is 3.07. The van der Waals surface area contributed by atoms with Gasteiger partial charge in [-0.2, -0.15) is 0 Å². The molecule has 0 unspecified atom stereocenters. The molecule has 2 aromatic heterocycles. The first kappa shape index (κ1) is 18.4. The Morgan fingerprint density at radius 3 is 2.89 bits per heavy atom. The molecule has 4 heterocycles. The zero-order valence-electron chi connectivity index (χ0n) is 16.1. The molecule has 0 saturated carbocycles. The summed E-state index contributed by atoms with van der Waals surface area (Å²) in [5.41, 5.74) is 2.31. The molecule has 1 atom stereocenters. The third kappa shape index (κ3) is 4.47. The van der Waals surface area contributed by atoms with Crippen LogP contribution >= 0.6 is 0 Å². The van der Waals surface area contributed by atoms with Gasteiger partial charge in [0.25, 0.3) is 0 Å². The van der Waals surface area contributed by atoms with Gasteiger partial charge in [-0.3, -0.25) is 14.9 Å². The maximum Gasteiger partial charge on any atom is 0.137 e. The van der Waals surface area contributed by atoms with E-state index in [0.29, 0.717) is 5.92 Å². The Kier molecular flexibility index (Phi) is 5.69. The number of aryl methyl sites for hydroxylation is 1. The summed E-state index contributed by atoms with van der Waals surface area (Å²) in [6.45, 7) is 6.77. The maximum atomic E-state index is 6.30. The second-order valence-electron chi connectivity index (χ2n) is 7.77. The molecule has 2 saturated heterocycles. The molecule has 0 amide bonds. The number of ether oxygens (including phenoxy) is 2. The summed E-state index contributed by atoms with van der Waals surface area (Å²) >= 11 is 0. The Balaban J connectivity index is 1.28. The third-order valence-electron chi connectivity index (χ3n) is 6.00. The van der Waals surface area contributed by atoms with Gasteiger partial charge >= 0.3 is 0 Å². The van der Waals surface area contributed by atoms with Crippen LogP contribution < -0.4 is 4.74 Å². The van der Waals surface area contributed by atoms with Gasteiger partial charge in [0.05, 0.1) is 24.1 Å². The second kappa shape index (κ2) is 8.36. The molecule has 0 N–H and O–H groups in total. The summed E-state index contributed by atoms with van der Waals surface area (Å²) in [5.74, 6) is 1.44. The molecule has 5 heteroatoms. The van der Waals surface area contributed by atoms with Crippen LogP contribution in [0.1, 0.15) is 37.1 Å². The highest BCUT2D eigenvalue weighted by atomic mass is 16.5. The van der Waals surface area contributed by atoms with Gasteiger partial charge in [0.2, 0.25) is 0 Å². The van der Waals surface area contributed by atoms with E-state index in [-0.39, 0.29) is 5.60 Å². The molecule has 27 heavy (non-hydrogen) atoms. The molecule has 2 aliphatic heterocycles. The number of pyridine rings is 2. The van der Waals surface area contributed by atoms with Crippen LogP contribution in [0.15, 0.2) is 42.7 Å². The zero-order chi connectivity index (χ0) is 18.5. The topological polar surface area (TPSA) is 47.5 Å². The van der Waals surface area contributed by atoms with Crippen LogP contribution in [0.4, 0.5) is 0 Å². The Bertz CT molecular complexity index is 729. The number of aromatic nitrogens is 2. The van der Waals surface area contributed by atoms with E-state index in [1.165, 1.54) is 5.69 Å². The van der Waals surface area contributed by atoms with E-state index in [4.69, 9.17) is 9.47 Å². The molecule has 1 spiro atoms. The lowest BCUT2D eigenvalue weighted by molar-refractivity contribution is -0.0710. The van der Waals surface area contributed by atoms with Crippen molar-refractivity contribution in [3.63, 3.8) is 0 Å². The molecule has 5 nitrogen and oxygen atoms in total. The monoisotopic (exact) mass is 367 g/mol. The average molecular weight is 367 g/mol. The fraction of sp³-hybridized carbons (Fsp3) is 0.545. The van der Waals surface area contributed by atoms with E-state index >= 15 is 0 Å². The SMILES string of the molecule is Cc1cccc(CN2CCC3(CC2)OCC[C@@H]3CCOc2cccnc2)n1. The summed E-state index contributed by atoms with van der Waals surface area (Å²) in [6, 6.07) is 10.2. The van der Waals surface area contributed by atoms with Gasteiger partial charge in [0.1, 0.15) is 5.75 Å². The highest BCUT2D eigenvalue weighted by Gasteiger charge is 2.45. The molecular weight excluding hydrogens is 338 g/mol. The van der Waals surface area contributed by atoms with Gasteiger partial charge < -0.3 is 9.47 Å².